The van der Waals surface area contributed by atoms with E-state index in [4.69, 9.17) is 0 Å². The Kier molecular flexibility index (Phi) is 6.27. The van der Waals surface area contributed by atoms with E-state index in [1.165, 1.54) is 0 Å². The lowest BCUT2D eigenvalue weighted by Crippen LogP contribution is -2.54. The number of imide groups is 2. The summed E-state index contributed by atoms with van der Waals surface area (Å²) in [6, 6.07) is 18.4. The smallest absolute Gasteiger partial charge is 0.335 e. The molecular weight excluding hydrogens is 414 g/mol. The van der Waals surface area contributed by atoms with Gasteiger partial charge in [-0.25, -0.2) is 9.69 Å². The van der Waals surface area contributed by atoms with Crippen LogP contribution in [-0.4, -0.2) is 22.4 Å². The summed E-state index contributed by atoms with van der Waals surface area (Å²) in [4.78, 5) is 39.3. The third-order valence-corrected chi connectivity index (χ3v) is 6.19. The van der Waals surface area contributed by atoms with Gasteiger partial charge >= 0.3 is 6.03 Å². The van der Waals surface area contributed by atoms with Crippen LogP contribution in [-0.2, 0) is 16.1 Å². The molecule has 1 N–H and O–H groups in total. The summed E-state index contributed by atoms with van der Waals surface area (Å²) in [5.74, 6) is -0.951. The second-order valence-electron chi connectivity index (χ2n) is 8.35. The molecule has 2 heterocycles. The summed E-state index contributed by atoms with van der Waals surface area (Å²) in [5, 5.41) is 2.30. The van der Waals surface area contributed by atoms with Gasteiger partial charge in [-0.3, -0.25) is 14.9 Å². The first-order valence-corrected chi connectivity index (χ1v) is 11.1. The average molecular weight is 442 g/mol. The largest absolute Gasteiger partial charge is 0.344 e. The molecule has 0 aliphatic carbocycles. The number of aromatic nitrogens is 1. The Hall–Kier alpha value is -3.93. The van der Waals surface area contributed by atoms with Gasteiger partial charge in [-0.2, -0.15) is 0 Å². The van der Waals surface area contributed by atoms with Crippen LogP contribution < -0.4 is 10.2 Å². The monoisotopic (exact) mass is 441 g/mol. The van der Waals surface area contributed by atoms with E-state index in [-0.39, 0.29) is 5.57 Å². The topological polar surface area (TPSA) is 71.4 Å². The fourth-order valence-corrected chi connectivity index (χ4v) is 3.90. The maximum Gasteiger partial charge on any atom is 0.335 e. The Morgan fingerprint density at radius 3 is 2.39 bits per heavy atom. The zero-order chi connectivity index (χ0) is 23.5. The molecule has 33 heavy (non-hydrogen) atoms. The molecule has 0 saturated carbocycles. The summed E-state index contributed by atoms with van der Waals surface area (Å²) in [6.45, 7) is 6.89. The quantitative estimate of drug-likeness (QED) is 0.431. The second kappa shape index (κ2) is 9.28. The number of carbonyl (C=O) groups excluding carboxylic acids is 3. The molecule has 1 atom stereocenters. The van der Waals surface area contributed by atoms with Crippen LogP contribution in [0.25, 0.3) is 6.08 Å². The number of carbonyl (C=O) groups is 3. The first-order chi connectivity index (χ1) is 15.9. The fraction of sp³-hybridized carbons (Fsp3) is 0.222. The van der Waals surface area contributed by atoms with Crippen molar-refractivity contribution < 1.29 is 14.4 Å². The van der Waals surface area contributed by atoms with E-state index in [1.807, 2.05) is 66.2 Å². The molecule has 1 fully saturated rings. The van der Waals surface area contributed by atoms with E-state index in [2.05, 4.69) is 19.2 Å². The van der Waals surface area contributed by atoms with Gasteiger partial charge in [0.25, 0.3) is 11.8 Å². The van der Waals surface area contributed by atoms with Crippen LogP contribution in [0.3, 0.4) is 0 Å². The predicted molar refractivity (Wildman–Crippen MR) is 129 cm³/mol. The number of urea groups is 1. The first kappa shape index (κ1) is 22.3. The van der Waals surface area contributed by atoms with Crippen molar-refractivity contribution in [3.05, 3.63) is 94.8 Å². The number of hydrogen-bond acceptors (Lipinski definition) is 3. The lowest BCUT2D eigenvalue weighted by atomic mass is 9.98. The number of nitrogens with zero attached hydrogens (tertiary/aromatic N) is 2. The van der Waals surface area contributed by atoms with Crippen molar-refractivity contribution in [2.75, 3.05) is 4.90 Å². The van der Waals surface area contributed by atoms with Crippen LogP contribution in [0.4, 0.5) is 10.5 Å². The van der Waals surface area contributed by atoms with Crippen molar-refractivity contribution in [3.63, 3.8) is 0 Å². The van der Waals surface area contributed by atoms with E-state index in [0.29, 0.717) is 23.8 Å². The normalized spacial score (nSPS) is 16.3. The summed E-state index contributed by atoms with van der Waals surface area (Å²) in [7, 11) is 0. The van der Waals surface area contributed by atoms with Gasteiger partial charge in [0.15, 0.2) is 0 Å². The van der Waals surface area contributed by atoms with Gasteiger partial charge < -0.3 is 4.57 Å². The van der Waals surface area contributed by atoms with E-state index >= 15 is 0 Å². The SMILES string of the molecule is CCC(C)c1ccc(N2C(=O)NC(=O)/C(=C/c3cccn3Cc3ccccc3C)C2=O)cc1. The van der Waals surface area contributed by atoms with Crippen LogP contribution in [0.1, 0.15) is 48.6 Å². The molecule has 6 heteroatoms. The lowest BCUT2D eigenvalue weighted by Gasteiger charge is -2.26. The van der Waals surface area contributed by atoms with E-state index < -0.39 is 17.8 Å². The summed E-state index contributed by atoms with van der Waals surface area (Å²) in [5.41, 5.74) is 4.49. The fourth-order valence-electron chi connectivity index (χ4n) is 3.90. The van der Waals surface area contributed by atoms with Crippen LogP contribution in [0.5, 0.6) is 0 Å². The molecule has 4 amide bonds. The molecule has 0 radical (unpaired) electrons. The zero-order valence-electron chi connectivity index (χ0n) is 19.0. The van der Waals surface area contributed by atoms with Crippen molar-refractivity contribution in [1.29, 1.82) is 0 Å². The van der Waals surface area contributed by atoms with E-state index in [1.54, 1.807) is 18.2 Å². The Morgan fingerprint density at radius 2 is 1.70 bits per heavy atom. The van der Waals surface area contributed by atoms with Gasteiger partial charge in [0, 0.05) is 18.4 Å². The number of rotatable bonds is 6. The molecule has 1 aromatic heterocycles. The molecule has 1 saturated heterocycles. The highest BCUT2D eigenvalue weighted by Gasteiger charge is 2.37. The molecule has 2 aromatic carbocycles. The number of barbiturate groups is 1. The summed E-state index contributed by atoms with van der Waals surface area (Å²) >= 11 is 0. The molecule has 0 bridgehead atoms. The highest BCUT2D eigenvalue weighted by Crippen LogP contribution is 2.26. The van der Waals surface area contributed by atoms with Gasteiger partial charge in [0.1, 0.15) is 5.57 Å². The summed E-state index contributed by atoms with van der Waals surface area (Å²) in [6.07, 6.45) is 4.44. The lowest BCUT2D eigenvalue weighted by molar-refractivity contribution is -0.122. The van der Waals surface area contributed by atoms with Gasteiger partial charge in [-0.05, 0) is 66.3 Å². The summed E-state index contributed by atoms with van der Waals surface area (Å²) < 4.78 is 1.97. The maximum absolute atomic E-state index is 13.2. The molecule has 0 spiro atoms. The average Bonchev–Trinajstić information content (AvgIpc) is 3.24. The van der Waals surface area contributed by atoms with Gasteiger partial charge in [-0.1, -0.05) is 50.2 Å². The predicted octanol–water partition coefficient (Wildman–Crippen LogP) is 5.02. The number of benzene rings is 2. The Labute approximate surface area is 193 Å². The molecular formula is C27H27N3O3. The van der Waals surface area contributed by atoms with Crippen molar-refractivity contribution >= 4 is 29.6 Å². The van der Waals surface area contributed by atoms with Crippen molar-refractivity contribution in [2.45, 2.75) is 39.7 Å². The van der Waals surface area contributed by atoms with Gasteiger partial charge in [-0.15, -0.1) is 0 Å². The van der Waals surface area contributed by atoms with Crippen molar-refractivity contribution in [3.8, 4) is 0 Å². The van der Waals surface area contributed by atoms with Crippen LogP contribution in [0, 0.1) is 6.92 Å². The molecule has 1 aliphatic rings. The number of nitrogens with one attached hydrogen (secondary N) is 1. The minimum Gasteiger partial charge on any atom is -0.344 e. The minimum atomic E-state index is -0.742. The van der Waals surface area contributed by atoms with E-state index in [0.717, 1.165) is 28.0 Å². The van der Waals surface area contributed by atoms with Crippen molar-refractivity contribution in [1.82, 2.24) is 9.88 Å². The van der Waals surface area contributed by atoms with Gasteiger partial charge in [0.2, 0.25) is 0 Å². The first-order valence-electron chi connectivity index (χ1n) is 11.1. The third-order valence-electron chi connectivity index (χ3n) is 6.19. The second-order valence-corrected chi connectivity index (χ2v) is 8.35. The number of hydrogen-bond donors (Lipinski definition) is 1. The Balaban J connectivity index is 1.64. The van der Waals surface area contributed by atoms with Crippen molar-refractivity contribution in [2.24, 2.45) is 0 Å². The number of amides is 4. The number of aryl methyl sites for hydroxylation is 1. The Morgan fingerprint density at radius 1 is 0.970 bits per heavy atom. The Bertz CT molecular complexity index is 1240. The standard InChI is InChI=1S/C27H27N3O3/c1-4-18(2)20-11-13-22(14-12-20)30-26(32)24(25(31)28-27(30)33)16-23-10-7-15-29(23)17-21-9-6-5-8-19(21)3/h5-16,18H,4,17H2,1-3H3,(H,28,31,33)/b24-16-. The molecule has 3 aromatic rings. The van der Waals surface area contributed by atoms with Crippen LogP contribution >= 0.6 is 0 Å². The molecule has 6 nitrogen and oxygen atoms in total. The van der Waals surface area contributed by atoms with E-state index in [9.17, 15) is 14.4 Å². The molecule has 4 rings (SSSR count). The number of anilines is 1. The van der Waals surface area contributed by atoms with Crippen LogP contribution in [0.2, 0.25) is 0 Å². The van der Waals surface area contributed by atoms with Gasteiger partial charge in [0.05, 0.1) is 5.69 Å². The highest BCUT2D eigenvalue weighted by atomic mass is 16.2. The third kappa shape index (κ3) is 4.51. The molecule has 1 unspecified atom stereocenters. The zero-order valence-corrected chi connectivity index (χ0v) is 19.0. The maximum atomic E-state index is 13.2. The highest BCUT2D eigenvalue weighted by molar-refractivity contribution is 6.39. The molecule has 168 valence electrons. The van der Waals surface area contributed by atoms with Crippen LogP contribution in [0.15, 0.2) is 72.4 Å². The minimum absolute atomic E-state index is 0.0784. The molecule has 1 aliphatic heterocycles.